The Morgan fingerprint density at radius 1 is 1.12 bits per heavy atom. The van der Waals surface area contributed by atoms with Gasteiger partial charge in [-0.15, -0.1) is 0 Å². The second-order valence-electron chi connectivity index (χ2n) is 5.68. The van der Waals surface area contributed by atoms with E-state index in [1.165, 1.54) is 25.6 Å². The molecule has 16 heavy (non-hydrogen) atoms. The van der Waals surface area contributed by atoms with Gasteiger partial charge in [-0.05, 0) is 48.9 Å². The molecule has 0 aliphatic heterocycles. The standard InChI is InChI=1S/C13H16N2O/c16-13(9-4-14-6-15-5-9)12-10-7-1-2-8(3-7)11(10)12/h4-8,10-13,16H,1-3H2. The molecule has 3 fully saturated rings. The van der Waals surface area contributed by atoms with Crippen molar-refractivity contribution in [3.63, 3.8) is 0 Å². The number of aliphatic hydroxyl groups is 1. The Balaban J connectivity index is 1.57. The van der Waals surface area contributed by atoms with Crippen molar-refractivity contribution in [3.8, 4) is 0 Å². The Labute approximate surface area is 94.9 Å². The van der Waals surface area contributed by atoms with Crippen LogP contribution in [0.3, 0.4) is 0 Å². The normalized spacial score (nSPS) is 45.4. The van der Waals surface area contributed by atoms with Gasteiger partial charge in [0.2, 0.25) is 0 Å². The first-order chi connectivity index (χ1) is 7.86. The van der Waals surface area contributed by atoms with Gasteiger partial charge in [-0.25, -0.2) is 9.97 Å². The lowest BCUT2D eigenvalue weighted by Gasteiger charge is -2.14. The molecule has 2 bridgehead atoms. The summed E-state index contributed by atoms with van der Waals surface area (Å²) in [5.74, 6) is 3.97. The van der Waals surface area contributed by atoms with E-state index in [-0.39, 0.29) is 6.10 Å². The second kappa shape index (κ2) is 3.04. The molecule has 5 unspecified atom stereocenters. The molecular formula is C13H16N2O. The molecule has 3 saturated carbocycles. The summed E-state index contributed by atoms with van der Waals surface area (Å²) in [6, 6.07) is 0. The SMILES string of the molecule is OC(c1cncnc1)C1C2C3CCC(C3)C21. The van der Waals surface area contributed by atoms with E-state index in [0.717, 1.165) is 29.2 Å². The molecule has 0 radical (unpaired) electrons. The molecule has 4 rings (SSSR count). The molecule has 1 heterocycles. The molecule has 1 aromatic rings. The third-order valence-electron chi connectivity index (χ3n) is 5.08. The lowest BCUT2D eigenvalue weighted by Crippen LogP contribution is -2.08. The number of fused-ring (bicyclic) bond motifs is 5. The lowest BCUT2D eigenvalue weighted by molar-refractivity contribution is 0.129. The van der Waals surface area contributed by atoms with Gasteiger partial charge in [0.05, 0.1) is 6.10 Å². The summed E-state index contributed by atoms with van der Waals surface area (Å²) < 4.78 is 0. The largest absolute Gasteiger partial charge is 0.388 e. The van der Waals surface area contributed by atoms with Gasteiger partial charge in [0.15, 0.2) is 0 Å². The molecule has 3 aliphatic carbocycles. The van der Waals surface area contributed by atoms with Gasteiger partial charge in [0.1, 0.15) is 6.33 Å². The van der Waals surface area contributed by atoms with Gasteiger partial charge in [0, 0.05) is 18.0 Å². The lowest BCUT2D eigenvalue weighted by atomic mass is 9.96. The topological polar surface area (TPSA) is 46.0 Å². The summed E-state index contributed by atoms with van der Waals surface area (Å²) in [5, 5.41) is 10.3. The maximum atomic E-state index is 10.3. The maximum absolute atomic E-state index is 10.3. The third kappa shape index (κ3) is 1.07. The van der Waals surface area contributed by atoms with Crippen LogP contribution in [0.25, 0.3) is 0 Å². The van der Waals surface area contributed by atoms with Crippen molar-refractivity contribution in [2.24, 2.45) is 29.6 Å². The first kappa shape index (κ1) is 9.11. The monoisotopic (exact) mass is 216 g/mol. The zero-order valence-electron chi connectivity index (χ0n) is 9.16. The van der Waals surface area contributed by atoms with E-state index in [1.807, 2.05) is 0 Å². The smallest absolute Gasteiger partial charge is 0.115 e. The molecule has 3 aliphatic rings. The number of hydrogen-bond acceptors (Lipinski definition) is 3. The van der Waals surface area contributed by atoms with Crippen LogP contribution in [0.2, 0.25) is 0 Å². The van der Waals surface area contributed by atoms with E-state index in [2.05, 4.69) is 9.97 Å². The van der Waals surface area contributed by atoms with Crippen LogP contribution in [0.15, 0.2) is 18.7 Å². The first-order valence-corrected chi connectivity index (χ1v) is 6.29. The molecule has 0 spiro atoms. The Morgan fingerprint density at radius 3 is 2.38 bits per heavy atom. The highest BCUT2D eigenvalue weighted by Gasteiger charge is 2.66. The number of rotatable bonds is 2. The van der Waals surface area contributed by atoms with E-state index >= 15 is 0 Å². The maximum Gasteiger partial charge on any atom is 0.115 e. The molecule has 84 valence electrons. The third-order valence-corrected chi connectivity index (χ3v) is 5.08. The van der Waals surface area contributed by atoms with Crippen LogP contribution in [0.5, 0.6) is 0 Å². The zero-order valence-corrected chi connectivity index (χ0v) is 9.16. The summed E-state index contributed by atoms with van der Waals surface area (Å²) in [6.07, 6.45) is 8.96. The molecular weight excluding hydrogens is 200 g/mol. The van der Waals surface area contributed by atoms with Gasteiger partial charge in [0.25, 0.3) is 0 Å². The van der Waals surface area contributed by atoms with Crippen molar-refractivity contribution >= 4 is 0 Å². The summed E-state index contributed by atoms with van der Waals surface area (Å²) in [7, 11) is 0. The van der Waals surface area contributed by atoms with Gasteiger partial charge in [-0.1, -0.05) is 0 Å². The Kier molecular flexibility index (Phi) is 1.73. The number of aromatic nitrogens is 2. The van der Waals surface area contributed by atoms with Crippen molar-refractivity contribution in [1.82, 2.24) is 9.97 Å². The van der Waals surface area contributed by atoms with Gasteiger partial charge in [-0.2, -0.15) is 0 Å². The Hall–Kier alpha value is -0.960. The highest BCUT2D eigenvalue weighted by molar-refractivity contribution is 5.20. The van der Waals surface area contributed by atoms with Crippen molar-refractivity contribution in [1.29, 1.82) is 0 Å². The molecule has 0 saturated heterocycles. The molecule has 3 nitrogen and oxygen atoms in total. The zero-order chi connectivity index (χ0) is 10.7. The van der Waals surface area contributed by atoms with Gasteiger partial charge < -0.3 is 5.11 Å². The average molecular weight is 216 g/mol. The average Bonchev–Trinajstić information content (AvgIpc) is 2.77. The molecule has 1 aromatic heterocycles. The van der Waals surface area contributed by atoms with Crippen LogP contribution in [0, 0.1) is 29.6 Å². The van der Waals surface area contributed by atoms with Crippen LogP contribution in [0.4, 0.5) is 0 Å². The van der Waals surface area contributed by atoms with Crippen LogP contribution in [-0.4, -0.2) is 15.1 Å². The van der Waals surface area contributed by atoms with Crippen molar-refractivity contribution in [2.45, 2.75) is 25.4 Å². The highest BCUT2D eigenvalue weighted by Crippen LogP contribution is 2.72. The summed E-state index contributed by atoms with van der Waals surface area (Å²) in [5.41, 5.74) is 0.904. The van der Waals surface area contributed by atoms with E-state index < -0.39 is 0 Å². The predicted molar refractivity (Wildman–Crippen MR) is 58.3 cm³/mol. The number of aliphatic hydroxyl groups excluding tert-OH is 1. The Morgan fingerprint density at radius 2 is 1.75 bits per heavy atom. The van der Waals surface area contributed by atoms with Gasteiger partial charge >= 0.3 is 0 Å². The van der Waals surface area contributed by atoms with Crippen molar-refractivity contribution < 1.29 is 5.11 Å². The number of hydrogen-bond donors (Lipinski definition) is 1. The Bertz CT molecular complexity index is 392. The first-order valence-electron chi connectivity index (χ1n) is 6.29. The van der Waals surface area contributed by atoms with Crippen molar-refractivity contribution in [2.75, 3.05) is 0 Å². The molecule has 3 heteroatoms. The van der Waals surface area contributed by atoms with Crippen LogP contribution in [0.1, 0.15) is 30.9 Å². The fourth-order valence-electron chi connectivity index (χ4n) is 4.50. The second-order valence-corrected chi connectivity index (χ2v) is 5.68. The molecule has 0 aromatic carbocycles. The summed E-state index contributed by atoms with van der Waals surface area (Å²) in [6.45, 7) is 0. The van der Waals surface area contributed by atoms with Crippen molar-refractivity contribution in [3.05, 3.63) is 24.3 Å². The molecule has 0 amide bonds. The van der Waals surface area contributed by atoms with E-state index in [1.54, 1.807) is 12.4 Å². The van der Waals surface area contributed by atoms with E-state index in [0.29, 0.717) is 5.92 Å². The highest BCUT2D eigenvalue weighted by atomic mass is 16.3. The fraction of sp³-hybridized carbons (Fsp3) is 0.692. The molecule has 5 atom stereocenters. The van der Waals surface area contributed by atoms with E-state index in [4.69, 9.17) is 0 Å². The minimum Gasteiger partial charge on any atom is -0.388 e. The number of nitrogens with zero attached hydrogens (tertiary/aromatic N) is 2. The quantitative estimate of drug-likeness (QED) is 0.820. The van der Waals surface area contributed by atoms with E-state index in [9.17, 15) is 5.11 Å². The van der Waals surface area contributed by atoms with Crippen LogP contribution < -0.4 is 0 Å². The predicted octanol–water partition coefficient (Wildman–Crippen LogP) is 1.80. The minimum absolute atomic E-state index is 0.320. The van der Waals surface area contributed by atoms with Gasteiger partial charge in [-0.3, -0.25) is 0 Å². The van der Waals surface area contributed by atoms with Crippen LogP contribution in [-0.2, 0) is 0 Å². The fourth-order valence-corrected chi connectivity index (χ4v) is 4.50. The molecule has 1 N–H and O–H groups in total. The van der Waals surface area contributed by atoms with Crippen LogP contribution >= 0.6 is 0 Å². The minimum atomic E-state index is -0.320. The summed E-state index contributed by atoms with van der Waals surface area (Å²) in [4.78, 5) is 7.98. The summed E-state index contributed by atoms with van der Waals surface area (Å²) >= 11 is 0.